The van der Waals surface area contributed by atoms with Gasteiger partial charge in [0.25, 0.3) is 5.91 Å². The largest absolute Gasteiger partial charge is 0.348 e. The van der Waals surface area contributed by atoms with Crippen LogP contribution in [-0.4, -0.2) is 33.5 Å². The van der Waals surface area contributed by atoms with Crippen LogP contribution in [0.1, 0.15) is 15.9 Å². The average molecular weight is 476 g/mol. The Labute approximate surface area is 194 Å². The molecule has 3 aromatic heterocycles. The smallest absolute Gasteiger partial charge is 0.253 e. The number of pyridine rings is 1. The van der Waals surface area contributed by atoms with Crippen molar-refractivity contribution in [3.8, 4) is 5.69 Å². The van der Waals surface area contributed by atoms with Gasteiger partial charge in [0.15, 0.2) is 0 Å². The molecule has 0 saturated carbocycles. The van der Waals surface area contributed by atoms with E-state index in [2.05, 4.69) is 15.4 Å². The number of imidazole rings is 1. The molecule has 0 aliphatic rings. The lowest BCUT2D eigenvalue weighted by molar-refractivity contribution is 0.0950. The van der Waals surface area contributed by atoms with Gasteiger partial charge in [-0.05, 0) is 48.0 Å². The summed E-state index contributed by atoms with van der Waals surface area (Å²) in [4.78, 5) is 16.1. The molecule has 170 valence electrons. The maximum atomic E-state index is 14.7. The number of fused-ring (bicyclic) bond motifs is 1. The molecule has 5 rings (SSSR count). The van der Waals surface area contributed by atoms with Crippen LogP contribution in [0.15, 0.2) is 101 Å². The predicted molar refractivity (Wildman–Crippen MR) is 122 cm³/mol. The van der Waals surface area contributed by atoms with E-state index in [-0.39, 0.29) is 17.3 Å². The molecule has 0 saturated heterocycles. The monoisotopic (exact) mass is 475 g/mol. The molecule has 0 spiro atoms. The Hall–Kier alpha value is -4.31. The van der Waals surface area contributed by atoms with Gasteiger partial charge in [0.05, 0.1) is 16.1 Å². The summed E-state index contributed by atoms with van der Waals surface area (Å²) in [6.45, 7) is 0.202. The Morgan fingerprint density at radius 3 is 2.56 bits per heavy atom. The van der Waals surface area contributed by atoms with Crippen molar-refractivity contribution in [3.05, 3.63) is 109 Å². The first-order valence-corrected chi connectivity index (χ1v) is 11.7. The number of carbonyl (C=O) groups excluding carboxylic acids is 1. The molecule has 1 N–H and O–H groups in total. The topological polar surface area (TPSA) is 98.4 Å². The number of hydrogen-bond acceptors (Lipinski definition) is 5. The minimum absolute atomic E-state index is 0.0427. The molecule has 10 heteroatoms. The molecular weight excluding hydrogens is 457 g/mol. The predicted octanol–water partition coefficient (Wildman–Crippen LogP) is 3.42. The van der Waals surface area contributed by atoms with Gasteiger partial charge < -0.3 is 9.72 Å². The Balaban J connectivity index is 1.29. The van der Waals surface area contributed by atoms with Crippen molar-refractivity contribution in [2.24, 2.45) is 0 Å². The quantitative estimate of drug-likeness (QED) is 0.406. The highest BCUT2D eigenvalue weighted by atomic mass is 32.2. The third-order valence-electron chi connectivity index (χ3n) is 5.31. The maximum absolute atomic E-state index is 14.7. The number of benzene rings is 2. The summed E-state index contributed by atoms with van der Waals surface area (Å²) in [5.74, 6) is -1.13. The third kappa shape index (κ3) is 4.06. The minimum atomic E-state index is -4.06. The lowest BCUT2D eigenvalue weighted by Crippen LogP contribution is -2.23. The summed E-state index contributed by atoms with van der Waals surface area (Å²) < 4.78 is 43.8. The Kier molecular flexibility index (Phi) is 5.42. The number of nitrogens with one attached hydrogen (secondary N) is 1. The number of nitrogens with zero attached hydrogens (tertiary/aromatic N) is 4. The normalized spacial score (nSPS) is 11.6. The van der Waals surface area contributed by atoms with E-state index in [0.717, 1.165) is 11.7 Å². The Morgan fingerprint density at radius 2 is 1.82 bits per heavy atom. The van der Waals surface area contributed by atoms with Crippen LogP contribution >= 0.6 is 0 Å². The lowest BCUT2D eigenvalue weighted by Gasteiger charge is -2.10. The van der Waals surface area contributed by atoms with E-state index >= 15 is 0 Å². The second kappa shape index (κ2) is 8.56. The van der Waals surface area contributed by atoms with Gasteiger partial charge in [-0.1, -0.05) is 12.1 Å². The van der Waals surface area contributed by atoms with Crippen LogP contribution in [0, 0.1) is 5.82 Å². The van der Waals surface area contributed by atoms with Crippen molar-refractivity contribution < 1.29 is 17.6 Å². The zero-order valence-electron chi connectivity index (χ0n) is 17.7. The van der Waals surface area contributed by atoms with Gasteiger partial charge in [-0.25, -0.2) is 22.5 Å². The highest BCUT2D eigenvalue weighted by Gasteiger charge is 2.22. The zero-order chi connectivity index (χ0) is 23.7. The highest BCUT2D eigenvalue weighted by Crippen LogP contribution is 2.25. The van der Waals surface area contributed by atoms with E-state index < -0.39 is 20.5 Å². The summed E-state index contributed by atoms with van der Waals surface area (Å²) in [5.41, 5.74) is 2.32. The van der Waals surface area contributed by atoms with E-state index in [1.807, 2.05) is 0 Å². The van der Waals surface area contributed by atoms with Gasteiger partial charge in [0, 0.05) is 43.6 Å². The third-order valence-corrected chi connectivity index (χ3v) is 7.11. The van der Waals surface area contributed by atoms with Crippen LogP contribution in [-0.2, 0) is 16.4 Å². The van der Waals surface area contributed by atoms with Crippen molar-refractivity contribution >= 4 is 21.4 Å². The lowest BCUT2D eigenvalue weighted by atomic mass is 10.2. The molecule has 0 bridgehead atoms. The van der Waals surface area contributed by atoms with Crippen LogP contribution < -0.4 is 5.32 Å². The van der Waals surface area contributed by atoms with Gasteiger partial charge in [-0.2, -0.15) is 5.10 Å². The fourth-order valence-electron chi connectivity index (χ4n) is 3.52. The molecule has 34 heavy (non-hydrogen) atoms. The van der Waals surface area contributed by atoms with Crippen molar-refractivity contribution in [1.29, 1.82) is 0 Å². The van der Waals surface area contributed by atoms with E-state index in [9.17, 15) is 17.6 Å². The first-order chi connectivity index (χ1) is 16.4. The van der Waals surface area contributed by atoms with E-state index in [0.29, 0.717) is 16.8 Å². The second-order valence-corrected chi connectivity index (χ2v) is 9.42. The number of aromatic nitrogens is 4. The number of rotatable bonds is 6. The Morgan fingerprint density at radius 1 is 1.00 bits per heavy atom. The molecular formula is C24H18FN5O3S. The van der Waals surface area contributed by atoms with Crippen LogP contribution in [0.25, 0.3) is 11.3 Å². The molecule has 0 atom stereocenters. The standard InChI is InChI=1S/C24H18FN5O3S/c25-21-14-19(30-12-1-10-28-30)5-8-22(21)34(32,33)20-6-2-17(3-7-20)15-27-24(31)18-4-9-23-26-11-13-29(23)16-18/h1-14,16H,15H2,(H,27,31). The summed E-state index contributed by atoms with van der Waals surface area (Å²) in [5, 5.41) is 6.81. The van der Waals surface area contributed by atoms with Crippen molar-refractivity contribution in [1.82, 2.24) is 24.5 Å². The molecule has 0 aliphatic heterocycles. The number of halogens is 1. The van der Waals surface area contributed by atoms with Gasteiger partial charge in [0.2, 0.25) is 9.84 Å². The van der Waals surface area contributed by atoms with Gasteiger partial charge >= 0.3 is 0 Å². The average Bonchev–Trinajstić information content (AvgIpc) is 3.54. The molecule has 0 unspecified atom stereocenters. The van der Waals surface area contributed by atoms with Gasteiger partial charge in [-0.3, -0.25) is 4.79 Å². The SMILES string of the molecule is O=C(NCc1ccc(S(=O)(=O)c2ccc(-n3cccn3)cc2F)cc1)c1ccc2nccn2c1. The van der Waals surface area contributed by atoms with E-state index in [4.69, 9.17) is 0 Å². The fourth-order valence-corrected chi connectivity index (χ4v) is 4.84. The van der Waals surface area contributed by atoms with Crippen LogP contribution in [0.2, 0.25) is 0 Å². The molecule has 0 fully saturated rings. The summed E-state index contributed by atoms with van der Waals surface area (Å²) in [6.07, 6.45) is 8.26. The van der Waals surface area contributed by atoms with Gasteiger partial charge in [0.1, 0.15) is 16.4 Å². The summed E-state index contributed by atoms with van der Waals surface area (Å²) >= 11 is 0. The maximum Gasteiger partial charge on any atom is 0.253 e. The first-order valence-electron chi connectivity index (χ1n) is 10.3. The fraction of sp³-hybridized carbons (Fsp3) is 0.0417. The van der Waals surface area contributed by atoms with E-state index in [1.54, 1.807) is 65.7 Å². The molecule has 0 aliphatic carbocycles. The molecule has 1 amide bonds. The van der Waals surface area contributed by atoms with E-state index in [1.165, 1.54) is 28.9 Å². The van der Waals surface area contributed by atoms with Crippen LogP contribution in [0.4, 0.5) is 4.39 Å². The zero-order valence-corrected chi connectivity index (χ0v) is 18.5. The molecule has 2 aromatic carbocycles. The van der Waals surface area contributed by atoms with Crippen molar-refractivity contribution in [3.63, 3.8) is 0 Å². The minimum Gasteiger partial charge on any atom is -0.348 e. The van der Waals surface area contributed by atoms with Crippen LogP contribution in [0.3, 0.4) is 0 Å². The van der Waals surface area contributed by atoms with Crippen LogP contribution in [0.5, 0.6) is 0 Å². The number of hydrogen-bond donors (Lipinski definition) is 1. The number of amides is 1. The Bertz CT molecular complexity index is 1590. The van der Waals surface area contributed by atoms with Crippen molar-refractivity contribution in [2.75, 3.05) is 0 Å². The first kappa shape index (κ1) is 21.5. The number of sulfone groups is 1. The second-order valence-electron chi connectivity index (χ2n) is 7.51. The summed E-state index contributed by atoms with van der Waals surface area (Å²) in [6, 6.07) is 14.9. The molecule has 8 nitrogen and oxygen atoms in total. The molecule has 5 aromatic rings. The van der Waals surface area contributed by atoms with Gasteiger partial charge in [-0.15, -0.1) is 0 Å². The molecule has 3 heterocycles. The number of carbonyl (C=O) groups is 1. The summed E-state index contributed by atoms with van der Waals surface area (Å²) in [7, 11) is -4.06. The van der Waals surface area contributed by atoms with Crippen molar-refractivity contribution in [2.45, 2.75) is 16.3 Å². The molecule has 0 radical (unpaired) electrons. The highest BCUT2D eigenvalue weighted by molar-refractivity contribution is 7.91.